The Hall–Kier alpha value is -2.71. The molecular formula is C10H11FN4O4. The Balaban J connectivity index is 3.21. The first-order valence-electron chi connectivity index (χ1n) is 5.02. The molecule has 1 heterocycles. The van der Waals surface area contributed by atoms with E-state index in [2.05, 4.69) is 4.98 Å². The molecule has 5 N–H and O–H groups in total. The number of rotatable bonds is 6. The van der Waals surface area contributed by atoms with E-state index in [0.717, 1.165) is 17.2 Å². The number of carboxylic acids is 1. The molecule has 0 aromatic carbocycles. The lowest BCUT2D eigenvalue weighted by molar-refractivity contribution is -0.117. The van der Waals surface area contributed by atoms with Crippen molar-refractivity contribution < 1.29 is 23.9 Å². The van der Waals surface area contributed by atoms with E-state index in [4.69, 9.17) is 16.6 Å². The average molecular weight is 270 g/mol. The summed E-state index contributed by atoms with van der Waals surface area (Å²) in [6.45, 7) is -1.04. The van der Waals surface area contributed by atoms with Gasteiger partial charge in [-0.15, -0.1) is 0 Å². The normalized spacial score (nSPS) is 9.95. The van der Waals surface area contributed by atoms with Crippen molar-refractivity contribution in [1.29, 1.82) is 0 Å². The van der Waals surface area contributed by atoms with Crippen LogP contribution >= 0.6 is 0 Å². The number of pyridine rings is 1. The molecule has 0 aliphatic rings. The quantitative estimate of drug-likeness (QED) is 0.586. The zero-order chi connectivity index (χ0) is 14.6. The Bertz CT molecular complexity index is 518. The molecule has 0 bridgehead atoms. The Labute approximate surface area is 106 Å². The lowest BCUT2D eigenvalue weighted by Gasteiger charge is -2.21. The van der Waals surface area contributed by atoms with Crippen molar-refractivity contribution in [1.82, 2.24) is 4.98 Å². The molecule has 1 aromatic rings. The molecular weight excluding hydrogens is 259 g/mol. The van der Waals surface area contributed by atoms with E-state index in [1.165, 1.54) is 0 Å². The number of carboxylic acid groups (broad SMARTS) is 1. The maximum atomic E-state index is 13.9. The Morgan fingerprint density at radius 3 is 2.21 bits per heavy atom. The third kappa shape index (κ3) is 3.63. The van der Waals surface area contributed by atoms with Crippen molar-refractivity contribution in [3.05, 3.63) is 23.6 Å². The van der Waals surface area contributed by atoms with E-state index in [-0.39, 0.29) is 0 Å². The van der Waals surface area contributed by atoms with E-state index in [1.54, 1.807) is 0 Å². The zero-order valence-electron chi connectivity index (χ0n) is 9.67. The van der Waals surface area contributed by atoms with Crippen molar-refractivity contribution in [2.45, 2.75) is 0 Å². The highest BCUT2D eigenvalue weighted by molar-refractivity contribution is 5.90. The molecule has 1 rings (SSSR count). The maximum absolute atomic E-state index is 13.9. The highest BCUT2D eigenvalue weighted by Crippen LogP contribution is 2.19. The van der Waals surface area contributed by atoms with Gasteiger partial charge in [0.2, 0.25) is 11.8 Å². The molecule has 1 aromatic heterocycles. The number of aromatic carboxylic acids is 1. The van der Waals surface area contributed by atoms with Gasteiger partial charge in [-0.3, -0.25) is 9.59 Å². The first-order valence-corrected chi connectivity index (χ1v) is 5.02. The van der Waals surface area contributed by atoms with Crippen LogP contribution in [0.1, 0.15) is 10.4 Å². The second-order valence-electron chi connectivity index (χ2n) is 3.59. The van der Waals surface area contributed by atoms with Gasteiger partial charge in [-0.1, -0.05) is 0 Å². The van der Waals surface area contributed by atoms with Crippen LogP contribution < -0.4 is 16.4 Å². The third-order valence-corrected chi connectivity index (χ3v) is 2.09. The Morgan fingerprint density at radius 2 is 1.79 bits per heavy atom. The number of aromatic nitrogens is 1. The van der Waals surface area contributed by atoms with E-state index < -0.39 is 48.1 Å². The number of anilines is 1. The molecule has 0 saturated heterocycles. The fourth-order valence-corrected chi connectivity index (χ4v) is 1.40. The molecule has 102 valence electrons. The van der Waals surface area contributed by atoms with Crippen LogP contribution in [0.5, 0.6) is 0 Å². The van der Waals surface area contributed by atoms with Crippen molar-refractivity contribution in [2.75, 3.05) is 18.0 Å². The summed E-state index contributed by atoms with van der Waals surface area (Å²) in [6, 6.07) is 0.952. The molecule has 0 radical (unpaired) electrons. The van der Waals surface area contributed by atoms with Gasteiger partial charge in [-0.2, -0.15) is 0 Å². The monoisotopic (exact) mass is 270 g/mol. The molecule has 0 fully saturated rings. The van der Waals surface area contributed by atoms with Gasteiger partial charge >= 0.3 is 5.97 Å². The van der Waals surface area contributed by atoms with Gasteiger partial charge in [0.1, 0.15) is 5.56 Å². The maximum Gasteiger partial charge on any atom is 0.338 e. The first kappa shape index (κ1) is 14.4. The number of halogens is 1. The molecule has 0 saturated carbocycles. The van der Waals surface area contributed by atoms with Crippen LogP contribution in [0, 0.1) is 5.82 Å². The minimum absolute atomic E-state index is 0.475. The van der Waals surface area contributed by atoms with Gasteiger partial charge in [0.05, 0.1) is 13.1 Å². The van der Waals surface area contributed by atoms with Crippen LogP contribution in [0.4, 0.5) is 10.2 Å². The molecule has 0 aliphatic heterocycles. The van der Waals surface area contributed by atoms with Gasteiger partial charge in [-0.05, 0) is 6.07 Å². The molecule has 9 heteroatoms. The van der Waals surface area contributed by atoms with Crippen molar-refractivity contribution in [2.24, 2.45) is 11.5 Å². The average Bonchev–Trinajstić information content (AvgIpc) is 2.26. The number of hydrogen-bond acceptors (Lipinski definition) is 5. The van der Waals surface area contributed by atoms with Crippen LogP contribution in [0.2, 0.25) is 0 Å². The SMILES string of the molecule is NC(=O)CN(CC(N)=O)c1nccc(C(=O)O)c1F. The summed E-state index contributed by atoms with van der Waals surface area (Å²) < 4.78 is 13.9. The van der Waals surface area contributed by atoms with Crippen molar-refractivity contribution >= 4 is 23.6 Å². The van der Waals surface area contributed by atoms with E-state index in [1.807, 2.05) is 0 Å². The van der Waals surface area contributed by atoms with Crippen LogP contribution in [0.3, 0.4) is 0 Å². The predicted octanol–water partition coefficient (Wildman–Crippen LogP) is -1.30. The summed E-state index contributed by atoms with van der Waals surface area (Å²) in [5, 5.41) is 8.77. The smallest absolute Gasteiger partial charge is 0.338 e. The fourth-order valence-electron chi connectivity index (χ4n) is 1.40. The van der Waals surface area contributed by atoms with Crippen LogP contribution in [0.25, 0.3) is 0 Å². The lowest BCUT2D eigenvalue weighted by Crippen LogP contribution is -2.40. The minimum Gasteiger partial charge on any atom is -0.478 e. The molecule has 0 aliphatic carbocycles. The Morgan fingerprint density at radius 1 is 1.26 bits per heavy atom. The molecule has 8 nitrogen and oxygen atoms in total. The highest BCUT2D eigenvalue weighted by Gasteiger charge is 2.22. The summed E-state index contributed by atoms with van der Waals surface area (Å²) in [5.74, 6) is -4.83. The van der Waals surface area contributed by atoms with Gasteiger partial charge in [0.15, 0.2) is 11.6 Å². The summed E-state index contributed by atoms with van der Waals surface area (Å²) in [7, 11) is 0. The number of primary amides is 2. The number of hydrogen-bond donors (Lipinski definition) is 3. The second-order valence-corrected chi connectivity index (χ2v) is 3.59. The largest absolute Gasteiger partial charge is 0.478 e. The van der Waals surface area contributed by atoms with Gasteiger partial charge in [0.25, 0.3) is 0 Å². The van der Waals surface area contributed by atoms with Crippen LogP contribution in [-0.2, 0) is 9.59 Å². The van der Waals surface area contributed by atoms with Gasteiger partial charge in [-0.25, -0.2) is 14.2 Å². The molecule has 0 spiro atoms. The third-order valence-electron chi connectivity index (χ3n) is 2.09. The first-order chi connectivity index (χ1) is 8.82. The topological polar surface area (TPSA) is 140 Å². The van der Waals surface area contributed by atoms with Gasteiger partial charge < -0.3 is 21.5 Å². The van der Waals surface area contributed by atoms with E-state index >= 15 is 0 Å². The number of carbonyl (C=O) groups is 3. The molecule has 0 atom stereocenters. The second kappa shape index (κ2) is 5.76. The van der Waals surface area contributed by atoms with Crippen LogP contribution in [0.15, 0.2) is 12.3 Å². The predicted molar refractivity (Wildman–Crippen MR) is 61.8 cm³/mol. The standard InChI is InChI=1S/C10H11FN4O4/c11-8-5(10(18)19)1-2-14-9(8)15(3-6(12)16)4-7(13)17/h1-2H,3-4H2,(H2,12,16)(H2,13,17)(H,18,19). The number of amides is 2. The summed E-state index contributed by atoms with van der Waals surface area (Å²) >= 11 is 0. The van der Waals surface area contributed by atoms with Crippen molar-refractivity contribution in [3.63, 3.8) is 0 Å². The number of nitrogens with two attached hydrogens (primary N) is 2. The number of carbonyl (C=O) groups excluding carboxylic acids is 2. The van der Waals surface area contributed by atoms with Crippen LogP contribution in [-0.4, -0.2) is 41.0 Å². The van der Waals surface area contributed by atoms with Crippen molar-refractivity contribution in [3.8, 4) is 0 Å². The summed E-state index contributed by atoms with van der Waals surface area (Å²) in [6.07, 6.45) is 1.04. The fraction of sp³-hybridized carbons (Fsp3) is 0.200. The van der Waals surface area contributed by atoms with Gasteiger partial charge in [0, 0.05) is 6.20 Å². The Kier molecular flexibility index (Phi) is 4.35. The molecule has 0 unspecified atom stereocenters. The minimum atomic E-state index is -1.50. The summed E-state index contributed by atoms with van der Waals surface area (Å²) in [5.41, 5.74) is 9.27. The summed E-state index contributed by atoms with van der Waals surface area (Å²) in [4.78, 5) is 37.0. The number of nitrogens with zero attached hydrogens (tertiary/aromatic N) is 2. The highest BCUT2D eigenvalue weighted by atomic mass is 19.1. The molecule has 19 heavy (non-hydrogen) atoms. The van der Waals surface area contributed by atoms with E-state index in [0.29, 0.717) is 0 Å². The lowest BCUT2D eigenvalue weighted by atomic mass is 10.2. The molecule has 2 amide bonds. The zero-order valence-corrected chi connectivity index (χ0v) is 9.67. The van der Waals surface area contributed by atoms with E-state index in [9.17, 15) is 18.8 Å².